The molecule has 20 heavy (non-hydrogen) atoms. The van der Waals surface area contributed by atoms with Gasteiger partial charge >= 0.3 is 5.97 Å². The van der Waals surface area contributed by atoms with Crippen LogP contribution in [-0.2, 0) is 4.79 Å². The first-order valence-electron chi connectivity index (χ1n) is 7.14. The van der Waals surface area contributed by atoms with Crippen molar-refractivity contribution in [3.63, 3.8) is 0 Å². The Morgan fingerprint density at radius 2 is 1.80 bits per heavy atom. The Morgan fingerprint density at radius 3 is 2.55 bits per heavy atom. The second kappa shape index (κ2) is 5.49. The van der Waals surface area contributed by atoms with Crippen molar-refractivity contribution in [1.29, 1.82) is 0 Å². The average Bonchev–Trinajstić information content (AvgIpc) is 3.01. The number of carbonyl (C=O) groups is 1. The zero-order valence-electron chi connectivity index (χ0n) is 11.5. The average molecular weight is 266 g/mol. The highest BCUT2D eigenvalue weighted by Crippen LogP contribution is 2.28. The molecular weight excluding hydrogens is 248 g/mol. The highest BCUT2D eigenvalue weighted by atomic mass is 16.5. The highest BCUT2D eigenvalue weighted by molar-refractivity contribution is 5.86. The molecule has 3 rings (SSSR count). The lowest BCUT2D eigenvalue weighted by Crippen LogP contribution is -2.17. The molecule has 0 N–H and O–H groups in total. The molecule has 2 nitrogen and oxygen atoms in total. The van der Waals surface area contributed by atoms with Crippen LogP contribution in [-0.4, -0.2) is 5.97 Å². The summed E-state index contributed by atoms with van der Waals surface area (Å²) < 4.78 is 5.50. The van der Waals surface area contributed by atoms with Crippen LogP contribution < -0.4 is 4.74 Å². The van der Waals surface area contributed by atoms with Crippen LogP contribution in [0.4, 0.5) is 0 Å². The summed E-state index contributed by atoms with van der Waals surface area (Å²) in [6.45, 7) is 3.77. The highest BCUT2D eigenvalue weighted by Gasteiger charge is 2.24. The molecule has 1 fully saturated rings. The van der Waals surface area contributed by atoms with Gasteiger partial charge in [0.15, 0.2) is 0 Å². The molecule has 0 unspecified atom stereocenters. The Kier molecular flexibility index (Phi) is 3.55. The summed E-state index contributed by atoms with van der Waals surface area (Å²) >= 11 is 0. The summed E-state index contributed by atoms with van der Waals surface area (Å²) in [5, 5.41) is 2.20. The van der Waals surface area contributed by atoms with E-state index >= 15 is 0 Å². The Bertz CT molecular complexity index is 652. The van der Waals surface area contributed by atoms with Crippen molar-refractivity contribution in [1.82, 2.24) is 0 Å². The van der Waals surface area contributed by atoms with Crippen molar-refractivity contribution in [2.24, 2.45) is 5.92 Å². The van der Waals surface area contributed by atoms with Crippen molar-refractivity contribution < 1.29 is 9.53 Å². The summed E-state index contributed by atoms with van der Waals surface area (Å²) in [5.41, 5.74) is 1.09. The maximum Gasteiger partial charge on any atom is 0.314 e. The summed E-state index contributed by atoms with van der Waals surface area (Å²) in [6.07, 6.45) is 6.04. The monoisotopic (exact) mass is 266 g/mol. The minimum Gasteiger partial charge on any atom is -0.426 e. The van der Waals surface area contributed by atoms with E-state index in [0.29, 0.717) is 5.75 Å². The predicted molar refractivity (Wildman–Crippen MR) is 81.6 cm³/mol. The van der Waals surface area contributed by atoms with Gasteiger partial charge < -0.3 is 4.74 Å². The van der Waals surface area contributed by atoms with Gasteiger partial charge in [0.2, 0.25) is 0 Å². The molecule has 0 aromatic heterocycles. The van der Waals surface area contributed by atoms with E-state index in [1.807, 2.05) is 36.4 Å². The number of hydrogen-bond acceptors (Lipinski definition) is 2. The smallest absolute Gasteiger partial charge is 0.314 e. The largest absolute Gasteiger partial charge is 0.426 e. The fourth-order valence-electron chi connectivity index (χ4n) is 2.79. The van der Waals surface area contributed by atoms with Gasteiger partial charge in [-0.05, 0) is 47.4 Å². The summed E-state index contributed by atoms with van der Waals surface area (Å²) in [4.78, 5) is 12.0. The molecule has 0 radical (unpaired) electrons. The molecule has 1 aliphatic carbocycles. The third-order valence-corrected chi connectivity index (χ3v) is 3.98. The lowest BCUT2D eigenvalue weighted by molar-refractivity contribution is -0.138. The van der Waals surface area contributed by atoms with Gasteiger partial charge in [0.25, 0.3) is 0 Å². The Balaban J connectivity index is 1.81. The van der Waals surface area contributed by atoms with Crippen molar-refractivity contribution in [2.45, 2.75) is 25.7 Å². The van der Waals surface area contributed by atoms with Crippen LogP contribution in [0.25, 0.3) is 16.8 Å². The Labute approximate surface area is 119 Å². The number of benzene rings is 2. The molecule has 2 aromatic carbocycles. The summed E-state index contributed by atoms with van der Waals surface area (Å²) in [7, 11) is 0. The molecular formula is C18H18O2. The predicted octanol–water partition coefficient (Wildman–Crippen LogP) is 4.58. The first-order chi connectivity index (χ1) is 9.76. The molecule has 2 aromatic rings. The number of carbonyl (C=O) groups excluding carboxylic acids is 1. The van der Waals surface area contributed by atoms with Gasteiger partial charge in [0.05, 0.1) is 5.92 Å². The van der Waals surface area contributed by atoms with Crippen LogP contribution >= 0.6 is 0 Å². The van der Waals surface area contributed by atoms with Crippen LogP contribution in [0.1, 0.15) is 31.2 Å². The maximum absolute atomic E-state index is 12.0. The quantitative estimate of drug-likeness (QED) is 0.600. The maximum atomic E-state index is 12.0. The van der Waals surface area contributed by atoms with E-state index in [0.717, 1.165) is 42.0 Å². The molecule has 0 saturated heterocycles. The van der Waals surface area contributed by atoms with E-state index in [1.54, 1.807) is 0 Å². The lowest BCUT2D eigenvalue weighted by atomic mass is 10.1. The van der Waals surface area contributed by atoms with E-state index in [-0.39, 0.29) is 11.9 Å². The van der Waals surface area contributed by atoms with E-state index in [1.165, 1.54) is 0 Å². The van der Waals surface area contributed by atoms with E-state index in [9.17, 15) is 4.79 Å². The van der Waals surface area contributed by atoms with E-state index < -0.39 is 0 Å². The van der Waals surface area contributed by atoms with Crippen LogP contribution in [0.15, 0.2) is 43.0 Å². The molecule has 2 heteroatoms. The van der Waals surface area contributed by atoms with Gasteiger partial charge in [-0.1, -0.05) is 43.7 Å². The third-order valence-electron chi connectivity index (χ3n) is 3.98. The molecule has 0 bridgehead atoms. The van der Waals surface area contributed by atoms with Gasteiger partial charge in [-0.2, -0.15) is 0 Å². The minimum atomic E-state index is -0.0791. The zero-order valence-corrected chi connectivity index (χ0v) is 11.5. The molecule has 0 heterocycles. The van der Waals surface area contributed by atoms with Gasteiger partial charge in [0, 0.05) is 0 Å². The topological polar surface area (TPSA) is 26.3 Å². The second-order valence-corrected chi connectivity index (χ2v) is 5.37. The van der Waals surface area contributed by atoms with Gasteiger partial charge in [-0.15, -0.1) is 0 Å². The lowest BCUT2D eigenvalue weighted by Gasteiger charge is -2.10. The van der Waals surface area contributed by atoms with Crippen molar-refractivity contribution in [3.8, 4) is 5.75 Å². The number of fused-ring (bicyclic) bond motifs is 1. The number of rotatable bonds is 3. The van der Waals surface area contributed by atoms with Crippen molar-refractivity contribution in [3.05, 3.63) is 48.5 Å². The molecule has 0 spiro atoms. The first kappa shape index (κ1) is 12.9. The number of ether oxygens (including phenoxy) is 1. The van der Waals surface area contributed by atoms with E-state index in [4.69, 9.17) is 4.74 Å². The minimum absolute atomic E-state index is 0.0791. The number of esters is 1. The number of hydrogen-bond donors (Lipinski definition) is 0. The molecule has 1 saturated carbocycles. The molecule has 0 aliphatic heterocycles. The second-order valence-electron chi connectivity index (χ2n) is 5.37. The van der Waals surface area contributed by atoms with Crippen LogP contribution in [0.3, 0.4) is 0 Å². The van der Waals surface area contributed by atoms with Gasteiger partial charge in [0.1, 0.15) is 5.75 Å². The molecule has 0 atom stereocenters. The fourth-order valence-corrected chi connectivity index (χ4v) is 2.79. The van der Waals surface area contributed by atoms with Crippen LogP contribution in [0, 0.1) is 5.92 Å². The third kappa shape index (κ3) is 2.60. The van der Waals surface area contributed by atoms with Crippen molar-refractivity contribution in [2.75, 3.05) is 0 Å². The van der Waals surface area contributed by atoms with Crippen LogP contribution in [0.5, 0.6) is 5.75 Å². The normalized spacial score (nSPS) is 15.4. The van der Waals surface area contributed by atoms with Crippen LogP contribution in [0.2, 0.25) is 0 Å². The van der Waals surface area contributed by atoms with E-state index in [2.05, 4.69) is 12.6 Å². The zero-order chi connectivity index (χ0) is 13.9. The Hall–Kier alpha value is -2.09. The molecule has 0 amide bonds. The first-order valence-corrected chi connectivity index (χ1v) is 7.14. The van der Waals surface area contributed by atoms with Gasteiger partial charge in [-0.25, -0.2) is 0 Å². The Morgan fingerprint density at radius 1 is 1.10 bits per heavy atom. The molecule has 1 aliphatic rings. The van der Waals surface area contributed by atoms with Gasteiger partial charge in [-0.3, -0.25) is 4.79 Å². The summed E-state index contributed by atoms with van der Waals surface area (Å²) in [6, 6.07) is 11.9. The van der Waals surface area contributed by atoms with Crippen molar-refractivity contribution >= 4 is 22.8 Å². The summed E-state index contributed by atoms with van der Waals surface area (Å²) in [5.74, 6) is 0.652. The SMILES string of the molecule is C=Cc1ccc2cc(OC(=O)C3CCCC3)ccc2c1. The fraction of sp³-hybridized carbons (Fsp3) is 0.278. The standard InChI is InChI=1S/C18H18O2/c1-2-13-7-8-16-12-17(10-9-15(16)11-13)20-18(19)14-5-3-4-6-14/h2,7-12,14H,1,3-6H2. The molecule has 102 valence electrons.